The Hall–Kier alpha value is -0.910. The number of nitrogens with one attached hydrogen (secondary N) is 1. The van der Waals surface area contributed by atoms with Crippen molar-refractivity contribution in [3.05, 3.63) is 12.2 Å². The van der Waals surface area contributed by atoms with Gasteiger partial charge in [-0.1, -0.05) is 341 Å². The third-order valence-corrected chi connectivity index (χ3v) is 15.6. The van der Waals surface area contributed by atoms with Crippen molar-refractivity contribution in [3.8, 4) is 0 Å². The zero-order valence-electron chi connectivity index (χ0n) is 47.9. The van der Waals surface area contributed by atoms with Crippen LogP contribution in [0.5, 0.6) is 0 Å². The molecule has 0 fully saturated rings. The number of hydrogen-bond donors (Lipinski definition) is 4. The highest BCUT2D eigenvalue weighted by Crippen LogP contribution is 2.19. The lowest BCUT2D eigenvalue weighted by Gasteiger charge is -2.26. The molecule has 0 saturated carbocycles. The van der Waals surface area contributed by atoms with E-state index in [0.29, 0.717) is 12.8 Å². The van der Waals surface area contributed by atoms with Crippen LogP contribution in [0.15, 0.2) is 12.2 Å². The van der Waals surface area contributed by atoms with E-state index in [2.05, 4.69) is 31.3 Å². The van der Waals surface area contributed by atoms with Crippen molar-refractivity contribution in [1.29, 1.82) is 0 Å². The Labute approximate surface area is 440 Å². The predicted molar refractivity (Wildman–Crippen MR) is 310 cm³/mol. The van der Waals surface area contributed by atoms with Crippen LogP contribution in [-0.2, 0) is 4.79 Å². The van der Waals surface area contributed by atoms with Crippen LogP contribution in [0.25, 0.3) is 0 Å². The van der Waals surface area contributed by atoms with E-state index in [4.69, 9.17) is 0 Å². The highest BCUT2D eigenvalue weighted by Gasteiger charge is 2.26. The number of aliphatic hydroxyl groups is 3. The number of rotatable bonds is 61. The van der Waals surface area contributed by atoms with Crippen molar-refractivity contribution in [3.63, 3.8) is 0 Å². The standard InChI is InChI=1S/C65H129NO4/c1-3-5-7-9-11-13-15-17-19-21-23-25-27-29-30-31-32-33-34-35-36-38-40-42-44-46-48-50-52-54-56-58-60-64(69)66-62(61-67)65(70)63(68)59-57-55-53-51-49-47-45-43-41-39-37-28-26-24-22-20-18-16-14-12-10-8-6-4-2/h29-30,62-63,65,67-68,70H,3-28,31-61H2,1-2H3,(H,66,69)/b30-29-. The monoisotopic (exact) mass is 988 g/mol. The summed E-state index contributed by atoms with van der Waals surface area (Å²) in [6, 6.07) is -0.807. The number of hydrogen-bond acceptors (Lipinski definition) is 4. The minimum atomic E-state index is -1.13. The summed E-state index contributed by atoms with van der Waals surface area (Å²) in [6.07, 6.45) is 76.9. The fraction of sp³-hybridized carbons (Fsp3) is 0.954. The van der Waals surface area contributed by atoms with Crippen LogP contribution in [-0.4, -0.2) is 46.1 Å². The minimum absolute atomic E-state index is 0.136. The number of carbonyl (C=O) groups is 1. The van der Waals surface area contributed by atoms with Gasteiger partial charge in [-0.2, -0.15) is 0 Å². The highest BCUT2D eigenvalue weighted by molar-refractivity contribution is 5.76. The molecule has 418 valence electrons. The molecule has 70 heavy (non-hydrogen) atoms. The molecule has 0 saturated heterocycles. The number of allylic oxidation sites excluding steroid dienone is 2. The van der Waals surface area contributed by atoms with Gasteiger partial charge in [0.25, 0.3) is 0 Å². The van der Waals surface area contributed by atoms with Gasteiger partial charge in [0.15, 0.2) is 0 Å². The van der Waals surface area contributed by atoms with Crippen molar-refractivity contribution >= 4 is 5.91 Å². The van der Waals surface area contributed by atoms with E-state index in [-0.39, 0.29) is 12.5 Å². The molecule has 5 heteroatoms. The van der Waals surface area contributed by atoms with Crippen LogP contribution in [0.1, 0.15) is 373 Å². The smallest absolute Gasteiger partial charge is 0.220 e. The Morgan fingerprint density at radius 2 is 0.571 bits per heavy atom. The summed E-state index contributed by atoms with van der Waals surface area (Å²) in [4.78, 5) is 12.6. The van der Waals surface area contributed by atoms with E-state index in [1.54, 1.807) is 0 Å². The van der Waals surface area contributed by atoms with E-state index in [1.807, 2.05) is 0 Å². The van der Waals surface area contributed by atoms with Gasteiger partial charge in [-0.15, -0.1) is 0 Å². The van der Waals surface area contributed by atoms with Crippen molar-refractivity contribution in [2.45, 2.75) is 392 Å². The molecule has 5 nitrogen and oxygen atoms in total. The molecular formula is C65H129NO4. The summed E-state index contributed by atoms with van der Waals surface area (Å²) < 4.78 is 0. The molecule has 0 aromatic rings. The van der Waals surface area contributed by atoms with Crippen LogP contribution in [0.2, 0.25) is 0 Å². The number of unbranched alkanes of at least 4 members (excludes halogenated alkanes) is 51. The van der Waals surface area contributed by atoms with Gasteiger partial charge in [-0.3, -0.25) is 4.79 Å². The normalized spacial score (nSPS) is 13.2. The van der Waals surface area contributed by atoms with Gasteiger partial charge in [-0.25, -0.2) is 0 Å². The molecule has 0 heterocycles. The van der Waals surface area contributed by atoms with Gasteiger partial charge >= 0.3 is 0 Å². The summed E-state index contributed by atoms with van der Waals surface area (Å²) in [6.45, 7) is 4.23. The van der Waals surface area contributed by atoms with Gasteiger partial charge in [0.05, 0.1) is 18.8 Å². The molecular weight excluding hydrogens is 859 g/mol. The van der Waals surface area contributed by atoms with Gasteiger partial charge in [0, 0.05) is 6.42 Å². The fourth-order valence-electron chi connectivity index (χ4n) is 10.6. The molecule has 3 atom stereocenters. The second-order valence-corrected chi connectivity index (χ2v) is 22.7. The molecule has 0 aliphatic heterocycles. The number of carbonyl (C=O) groups excluding carboxylic acids is 1. The van der Waals surface area contributed by atoms with Crippen LogP contribution < -0.4 is 5.32 Å². The second kappa shape index (κ2) is 60.6. The quantitative estimate of drug-likeness (QED) is 0.0361. The Bertz CT molecular complexity index is 1000. The molecule has 0 aromatic heterocycles. The average molecular weight is 989 g/mol. The lowest BCUT2D eigenvalue weighted by Crippen LogP contribution is -2.50. The summed E-state index contributed by atoms with van der Waals surface area (Å²) in [5.41, 5.74) is 0. The first-order chi connectivity index (χ1) is 34.6. The van der Waals surface area contributed by atoms with Gasteiger partial charge in [0.2, 0.25) is 5.91 Å². The van der Waals surface area contributed by atoms with E-state index < -0.39 is 18.2 Å². The van der Waals surface area contributed by atoms with E-state index in [0.717, 1.165) is 32.1 Å². The Morgan fingerprint density at radius 3 is 0.829 bits per heavy atom. The highest BCUT2D eigenvalue weighted by atomic mass is 16.3. The molecule has 0 bridgehead atoms. The maximum absolute atomic E-state index is 12.6. The van der Waals surface area contributed by atoms with Crippen LogP contribution in [0, 0.1) is 0 Å². The van der Waals surface area contributed by atoms with Crippen LogP contribution in [0.3, 0.4) is 0 Å². The summed E-state index contributed by atoms with van der Waals surface area (Å²) in [5, 5.41) is 33.9. The van der Waals surface area contributed by atoms with Gasteiger partial charge in [-0.05, 0) is 38.5 Å². The predicted octanol–water partition coefficient (Wildman–Crippen LogP) is 20.6. The zero-order valence-corrected chi connectivity index (χ0v) is 47.9. The molecule has 0 aromatic carbocycles. The minimum Gasteiger partial charge on any atom is -0.394 e. The third kappa shape index (κ3) is 54.9. The fourth-order valence-corrected chi connectivity index (χ4v) is 10.6. The van der Waals surface area contributed by atoms with Crippen molar-refractivity contribution < 1.29 is 20.1 Å². The third-order valence-electron chi connectivity index (χ3n) is 15.6. The van der Waals surface area contributed by atoms with Gasteiger partial charge in [0.1, 0.15) is 6.10 Å². The van der Waals surface area contributed by atoms with Gasteiger partial charge < -0.3 is 20.6 Å². The molecule has 1 amide bonds. The largest absolute Gasteiger partial charge is 0.394 e. The molecule has 3 unspecified atom stereocenters. The first-order valence-electron chi connectivity index (χ1n) is 32.5. The maximum Gasteiger partial charge on any atom is 0.220 e. The Kier molecular flexibility index (Phi) is 59.9. The molecule has 0 aliphatic rings. The van der Waals surface area contributed by atoms with E-state index in [1.165, 1.54) is 315 Å². The number of aliphatic hydroxyl groups excluding tert-OH is 3. The SMILES string of the molecule is CCCCCCCCCCCCCC/C=C\CCCCCCCCCCCCCCCCCCC(=O)NC(CO)C(O)C(O)CCCCCCCCCCCCCCCCCCCCCCCCCC. The lowest BCUT2D eigenvalue weighted by atomic mass is 9.99. The first-order valence-corrected chi connectivity index (χ1v) is 32.5. The lowest BCUT2D eigenvalue weighted by molar-refractivity contribution is -0.124. The van der Waals surface area contributed by atoms with E-state index in [9.17, 15) is 20.1 Å². The summed E-state index contributed by atoms with van der Waals surface area (Å²) in [5.74, 6) is -0.136. The Morgan fingerprint density at radius 1 is 0.343 bits per heavy atom. The van der Waals surface area contributed by atoms with Crippen molar-refractivity contribution in [2.75, 3.05) is 6.61 Å². The molecule has 4 N–H and O–H groups in total. The molecule has 0 spiro atoms. The second-order valence-electron chi connectivity index (χ2n) is 22.7. The zero-order chi connectivity index (χ0) is 50.7. The maximum atomic E-state index is 12.6. The number of amides is 1. The molecule has 0 rings (SSSR count). The summed E-state index contributed by atoms with van der Waals surface area (Å²) in [7, 11) is 0. The first kappa shape index (κ1) is 69.1. The average Bonchev–Trinajstić information content (AvgIpc) is 3.36. The van der Waals surface area contributed by atoms with Crippen LogP contribution >= 0.6 is 0 Å². The van der Waals surface area contributed by atoms with Crippen molar-refractivity contribution in [2.24, 2.45) is 0 Å². The molecule has 0 radical (unpaired) electrons. The molecule has 0 aliphatic carbocycles. The summed E-state index contributed by atoms with van der Waals surface area (Å²) >= 11 is 0. The van der Waals surface area contributed by atoms with Crippen LogP contribution in [0.4, 0.5) is 0 Å². The Balaban J connectivity index is 3.46. The van der Waals surface area contributed by atoms with Crippen molar-refractivity contribution in [1.82, 2.24) is 5.32 Å². The topological polar surface area (TPSA) is 89.8 Å². The van der Waals surface area contributed by atoms with E-state index >= 15 is 0 Å².